The number of rotatable bonds is 5. The minimum absolute atomic E-state index is 0.0664. The third kappa shape index (κ3) is 4.04. The van der Waals surface area contributed by atoms with Crippen LogP contribution in [0.5, 0.6) is 0 Å². The molecule has 3 heteroatoms. The zero-order chi connectivity index (χ0) is 16.8. The van der Waals surface area contributed by atoms with Crippen LogP contribution in [0.3, 0.4) is 0 Å². The van der Waals surface area contributed by atoms with Gasteiger partial charge in [-0.05, 0) is 43.5 Å². The SMILES string of the molecule is CCC(c1ccccc1)N1CCCC(C(=O)Nc2ccccc2)C1. The lowest BCUT2D eigenvalue weighted by Crippen LogP contribution is -2.42. The first-order valence-corrected chi connectivity index (χ1v) is 8.93. The number of hydrogen-bond acceptors (Lipinski definition) is 2. The highest BCUT2D eigenvalue weighted by Crippen LogP contribution is 2.29. The Morgan fingerprint density at radius 2 is 1.79 bits per heavy atom. The number of amides is 1. The van der Waals surface area contributed by atoms with E-state index in [1.165, 1.54) is 5.56 Å². The van der Waals surface area contributed by atoms with E-state index >= 15 is 0 Å². The van der Waals surface area contributed by atoms with Crippen molar-refractivity contribution in [3.8, 4) is 0 Å². The first-order chi connectivity index (χ1) is 11.8. The fourth-order valence-electron chi connectivity index (χ4n) is 3.65. The van der Waals surface area contributed by atoms with Gasteiger partial charge in [-0.15, -0.1) is 0 Å². The molecule has 0 aliphatic carbocycles. The summed E-state index contributed by atoms with van der Waals surface area (Å²) in [7, 11) is 0. The van der Waals surface area contributed by atoms with Gasteiger partial charge in [-0.2, -0.15) is 0 Å². The number of carbonyl (C=O) groups is 1. The summed E-state index contributed by atoms with van der Waals surface area (Å²) >= 11 is 0. The second-order valence-corrected chi connectivity index (χ2v) is 6.52. The van der Waals surface area contributed by atoms with E-state index in [-0.39, 0.29) is 11.8 Å². The molecule has 0 spiro atoms. The van der Waals surface area contributed by atoms with Gasteiger partial charge in [-0.25, -0.2) is 0 Å². The van der Waals surface area contributed by atoms with Crippen LogP contribution in [0.25, 0.3) is 0 Å². The van der Waals surface area contributed by atoms with Gasteiger partial charge in [-0.1, -0.05) is 55.5 Å². The quantitative estimate of drug-likeness (QED) is 0.880. The molecule has 3 rings (SSSR count). The molecule has 2 atom stereocenters. The Labute approximate surface area is 144 Å². The molecule has 1 heterocycles. The molecule has 1 aliphatic rings. The van der Waals surface area contributed by atoms with Crippen molar-refractivity contribution in [3.63, 3.8) is 0 Å². The van der Waals surface area contributed by atoms with E-state index in [1.807, 2.05) is 30.3 Å². The van der Waals surface area contributed by atoms with Gasteiger partial charge in [0.1, 0.15) is 0 Å². The maximum absolute atomic E-state index is 12.6. The van der Waals surface area contributed by atoms with E-state index < -0.39 is 0 Å². The zero-order valence-corrected chi connectivity index (χ0v) is 14.3. The van der Waals surface area contributed by atoms with Crippen molar-refractivity contribution in [1.82, 2.24) is 4.90 Å². The molecule has 0 saturated carbocycles. The molecule has 3 nitrogen and oxygen atoms in total. The van der Waals surface area contributed by atoms with Gasteiger partial charge in [0.2, 0.25) is 5.91 Å². The minimum Gasteiger partial charge on any atom is -0.326 e. The number of carbonyl (C=O) groups excluding carboxylic acids is 1. The predicted molar refractivity (Wildman–Crippen MR) is 98.8 cm³/mol. The number of hydrogen-bond donors (Lipinski definition) is 1. The van der Waals surface area contributed by atoms with E-state index in [9.17, 15) is 4.79 Å². The summed E-state index contributed by atoms with van der Waals surface area (Å²) in [5, 5.41) is 3.06. The van der Waals surface area contributed by atoms with Crippen molar-refractivity contribution < 1.29 is 4.79 Å². The molecule has 2 unspecified atom stereocenters. The van der Waals surface area contributed by atoms with E-state index in [2.05, 4.69) is 47.5 Å². The Balaban J connectivity index is 1.66. The van der Waals surface area contributed by atoms with Gasteiger partial charge in [0.25, 0.3) is 0 Å². The number of anilines is 1. The van der Waals surface area contributed by atoms with Crippen LogP contribution < -0.4 is 5.32 Å². The van der Waals surface area contributed by atoms with Crippen molar-refractivity contribution in [3.05, 3.63) is 66.2 Å². The van der Waals surface area contributed by atoms with Crippen LogP contribution in [-0.2, 0) is 4.79 Å². The fraction of sp³-hybridized carbons (Fsp3) is 0.381. The molecule has 1 N–H and O–H groups in total. The normalized spacial score (nSPS) is 19.6. The molecular weight excluding hydrogens is 296 g/mol. The number of likely N-dealkylation sites (tertiary alicyclic amines) is 1. The third-order valence-corrected chi connectivity index (χ3v) is 4.88. The Morgan fingerprint density at radius 3 is 2.46 bits per heavy atom. The van der Waals surface area contributed by atoms with E-state index in [4.69, 9.17) is 0 Å². The Morgan fingerprint density at radius 1 is 1.12 bits per heavy atom. The van der Waals surface area contributed by atoms with Gasteiger partial charge >= 0.3 is 0 Å². The first kappa shape index (κ1) is 16.7. The van der Waals surface area contributed by atoms with Crippen LogP contribution in [0, 0.1) is 5.92 Å². The molecule has 24 heavy (non-hydrogen) atoms. The first-order valence-electron chi connectivity index (χ1n) is 8.93. The van der Waals surface area contributed by atoms with Gasteiger partial charge in [0, 0.05) is 18.3 Å². The molecule has 2 aromatic carbocycles. The van der Waals surface area contributed by atoms with Crippen LogP contribution in [0.2, 0.25) is 0 Å². The van der Waals surface area contributed by atoms with Gasteiger partial charge in [-0.3, -0.25) is 9.69 Å². The number of nitrogens with zero attached hydrogens (tertiary/aromatic N) is 1. The summed E-state index contributed by atoms with van der Waals surface area (Å²) in [5.41, 5.74) is 2.24. The average molecular weight is 322 g/mol. The van der Waals surface area contributed by atoms with Crippen LogP contribution in [0.4, 0.5) is 5.69 Å². The standard InChI is InChI=1S/C21H26N2O/c1-2-20(17-10-5-3-6-11-17)23-15-9-12-18(16-23)21(24)22-19-13-7-4-8-14-19/h3-8,10-11,13-14,18,20H,2,9,12,15-16H2,1H3,(H,22,24). The molecule has 1 fully saturated rings. The second kappa shape index (κ2) is 8.11. The molecule has 126 valence electrons. The van der Waals surface area contributed by atoms with Crippen molar-refractivity contribution in [2.45, 2.75) is 32.2 Å². The van der Waals surface area contributed by atoms with E-state index in [1.54, 1.807) is 0 Å². The van der Waals surface area contributed by atoms with Crippen molar-refractivity contribution in [2.75, 3.05) is 18.4 Å². The third-order valence-electron chi connectivity index (χ3n) is 4.88. The number of para-hydroxylation sites is 1. The summed E-state index contributed by atoms with van der Waals surface area (Å²) < 4.78 is 0. The molecule has 0 radical (unpaired) electrons. The molecule has 1 saturated heterocycles. The Hall–Kier alpha value is -2.13. The highest BCUT2D eigenvalue weighted by molar-refractivity contribution is 5.92. The number of piperidine rings is 1. The summed E-state index contributed by atoms with van der Waals surface area (Å²) in [6.07, 6.45) is 3.12. The monoisotopic (exact) mass is 322 g/mol. The van der Waals surface area contributed by atoms with Crippen molar-refractivity contribution in [1.29, 1.82) is 0 Å². The maximum Gasteiger partial charge on any atom is 0.228 e. The van der Waals surface area contributed by atoms with Crippen LogP contribution >= 0.6 is 0 Å². The minimum atomic E-state index is 0.0664. The lowest BCUT2D eigenvalue weighted by molar-refractivity contribution is -0.121. The lowest BCUT2D eigenvalue weighted by Gasteiger charge is -2.37. The summed E-state index contributed by atoms with van der Waals surface area (Å²) in [4.78, 5) is 15.1. The van der Waals surface area contributed by atoms with Crippen LogP contribution in [-0.4, -0.2) is 23.9 Å². The Bertz CT molecular complexity index is 641. The fourth-order valence-corrected chi connectivity index (χ4v) is 3.65. The van der Waals surface area contributed by atoms with Crippen LogP contribution in [0.15, 0.2) is 60.7 Å². The molecular formula is C21H26N2O. The highest BCUT2D eigenvalue weighted by Gasteiger charge is 2.29. The zero-order valence-electron chi connectivity index (χ0n) is 14.3. The summed E-state index contributed by atoms with van der Waals surface area (Å²) in [5.74, 6) is 0.213. The van der Waals surface area contributed by atoms with Gasteiger partial charge in [0.05, 0.1) is 5.92 Å². The summed E-state index contributed by atoms with van der Waals surface area (Å²) in [6, 6.07) is 20.8. The Kier molecular flexibility index (Phi) is 5.65. The summed E-state index contributed by atoms with van der Waals surface area (Å²) in [6.45, 7) is 4.14. The van der Waals surface area contributed by atoms with E-state index in [0.717, 1.165) is 38.0 Å². The van der Waals surface area contributed by atoms with Crippen molar-refractivity contribution in [2.24, 2.45) is 5.92 Å². The number of benzene rings is 2. The molecule has 2 aromatic rings. The topological polar surface area (TPSA) is 32.3 Å². The van der Waals surface area contributed by atoms with Crippen LogP contribution in [0.1, 0.15) is 37.8 Å². The smallest absolute Gasteiger partial charge is 0.228 e. The van der Waals surface area contributed by atoms with E-state index in [0.29, 0.717) is 6.04 Å². The van der Waals surface area contributed by atoms with Gasteiger partial charge in [0.15, 0.2) is 0 Å². The largest absolute Gasteiger partial charge is 0.326 e. The maximum atomic E-state index is 12.6. The molecule has 1 aliphatic heterocycles. The van der Waals surface area contributed by atoms with Gasteiger partial charge < -0.3 is 5.32 Å². The lowest BCUT2D eigenvalue weighted by atomic mass is 9.93. The molecule has 0 bridgehead atoms. The second-order valence-electron chi connectivity index (χ2n) is 6.52. The predicted octanol–water partition coefficient (Wildman–Crippen LogP) is 4.49. The highest BCUT2D eigenvalue weighted by atomic mass is 16.1. The molecule has 1 amide bonds. The van der Waals surface area contributed by atoms with Crippen molar-refractivity contribution >= 4 is 11.6 Å². The average Bonchev–Trinajstić information content (AvgIpc) is 2.64. The number of nitrogens with one attached hydrogen (secondary N) is 1. The molecule has 0 aromatic heterocycles.